The van der Waals surface area contributed by atoms with E-state index in [1.54, 1.807) is 24.3 Å². The molecule has 0 spiro atoms. The quantitative estimate of drug-likeness (QED) is 0.855. The molecule has 1 fully saturated rings. The summed E-state index contributed by atoms with van der Waals surface area (Å²) in [4.78, 5) is 26.1. The molecule has 0 unspecified atom stereocenters. The third-order valence-electron chi connectivity index (χ3n) is 3.68. The number of methoxy groups -OCH3 is 1. The molecule has 1 aliphatic rings. The number of likely N-dealkylation sites (tertiary alicyclic amines) is 1. The standard InChI is InChI=1S/C15H20N2O3/c1-17-9-7-11(8-10-17)14(18)16-13-6-4-3-5-12(13)15(19)20-2/h3-6,11H,7-10H2,1-2H3,(H,16,18). The van der Waals surface area contributed by atoms with Crippen molar-refractivity contribution in [2.75, 3.05) is 32.6 Å². The van der Waals surface area contributed by atoms with Crippen LogP contribution in [0, 0.1) is 5.92 Å². The van der Waals surface area contributed by atoms with Gasteiger partial charge in [0.15, 0.2) is 0 Å². The summed E-state index contributed by atoms with van der Waals surface area (Å²) in [5.74, 6) is -0.448. The number of anilines is 1. The second-order valence-electron chi connectivity index (χ2n) is 5.10. The van der Waals surface area contributed by atoms with Crippen LogP contribution in [0.4, 0.5) is 5.69 Å². The lowest BCUT2D eigenvalue weighted by atomic mass is 9.96. The number of hydrogen-bond acceptors (Lipinski definition) is 4. The minimum absolute atomic E-state index is 0.0110. The van der Waals surface area contributed by atoms with Gasteiger partial charge in [-0.15, -0.1) is 0 Å². The molecule has 0 bridgehead atoms. The summed E-state index contributed by atoms with van der Waals surface area (Å²) in [6.45, 7) is 1.85. The molecule has 1 amide bonds. The Morgan fingerprint density at radius 2 is 1.90 bits per heavy atom. The smallest absolute Gasteiger partial charge is 0.339 e. The number of nitrogens with one attached hydrogen (secondary N) is 1. The highest BCUT2D eigenvalue weighted by molar-refractivity contribution is 6.01. The first-order valence-electron chi connectivity index (χ1n) is 6.78. The molecule has 1 N–H and O–H groups in total. The molecule has 0 saturated carbocycles. The van der Waals surface area contributed by atoms with E-state index in [0.717, 1.165) is 25.9 Å². The van der Waals surface area contributed by atoms with Crippen LogP contribution in [0.3, 0.4) is 0 Å². The first-order valence-corrected chi connectivity index (χ1v) is 6.78. The lowest BCUT2D eigenvalue weighted by Gasteiger charge is -2.28. The van der Waals surface area contributed by atoms with Gasteiger partial charge in [-0.05, 0) is 45.1 Å². The zero-order valence-electron chi connectivity index (χ0n) is 11.9. The molecule has 0 aliphatic carbocycles. The Morgan fingerprint density at radius 1 is 1.25 bits per heavy atom. The van der Waals surface area contributed by atoms with Crippen LogP contribution in [0.25, 0.3) is 0 Å². The molecule has 5 heteroatoms. The van der Waals surface area contributed by atoms with E-state index in [1.807, 2.05) is 0 Å². The molecule has 0 atom stereocenters. The summed E-state index contributed by atoms with van der Waals surface area (Å²) in [7, 11) is 3.39. The number of carbonyl (C=O) groups is 2. The molecule has 108 valence electrons. The van der Waals surface area contributed by atoms with Crippen LogP contribution in [-0.2, 0) is 9.53 Å². The number of carbonyl (C=O) groups excluding carboxylic acids is 2. The van der Waals surface area contributed by atoms with Crippen LogP contribution in [0.1, 0.15) is 23.2 Å². The van der Waals surface area contributed by atoms with Gasteiger partial charge in [-0.1, -0.05) is 12.1 Å². The maximum atomic E-state index is 12.3. The van der Waals surface area contributed by atoms with E-state index in [-0.39, 0.29) is 11.8 Å². The van der Waals surface area contributed by atoms with Crippen molar-refractivity contribution >= 4 is 17.6 Å². The van der Waals surface area contributed by atoms with E-state index in [9.17, 15) is 9.59 Å². The summed E-state index contributed by atoms with van der Waals surface area (Å²) in [6.07, 6.45) is 1.70. The van der Waals surface area contributed by atoms with Gasteiger partial charge in [-0.25, -0.2) is 4.79 Å². The van der Waals surface area contributed by atoms with E-state index in [4.69, 9.17) is 4.74 Å². The Hall–Kier alpha value is -1.88. The fraction of sp³-hybridized carbons (Fsp3) is 0.467. The number of amides is 1. The van der Waals surface area contributed by atoms with Crippen molar-refractivity contribution in [3.63, 3.8) is 0 Å². The van der Waals surface area contributed by atoms with E-state index in [1.165, 1.54) is 7.11 Å². The van der Waals surface area contributed by atoms with Crippen LogP contribution in [-0.4, -0.2) is 44.0 Å². The number of ether oxygens (including phenoxy) is 1. The first-order chi connectivity index (χ1) is 9.61. The van der Waals surface area contributed by atoms with Gasteiger partial charge in [-0.3, -0.25) is 4.79 Å². The number of rotatable bonds is 3. The summed E-state index contributed by atoms with van der Waals surface area (Å²) in [5.41, 5.74) is 0.902. The lowest BCUT2D eigenvalue weighted by Crippen LogP contribution is -2.36. The molecule has 1 aromatic rings. The van der Waals surface area contributed by atoms with Gasteiger partial charge in [0.2, 0.25) is 5.91 Å². The van der Waals surface area contributed by atoms with Crippen LogP contribution in [0.15, 0.2) is 24.3 Å². The Morgan fingerprint density at radius 3 is 2.55 bits per heavy atom. The zero-order valence-corrected chi connectivity index (χ0v) is 11.9. The van der Waals surface area contributed by atoms with Crippen molar-refractivity contribution in [2.45, 2.75) is 12.8 Å². The fourth-order valence-electron chi connectivity index (χ4n) is 2.39. The molecule has 2 rings (SSSR count). The SMILES string of the molecule is COC(=O)c1ccccc1NC(=O)C1CCN(C)CC1. The maximum Gasteiger partial charge on any atom is 0.339 e. The molecule has 1 aromatic carbocycles. The maximum absolute atomic E-state index is 12.3. The minimum Gasteiger partial charge on any atom is -0.465 e. The zero-order chi connectivity index (χ0) is 14.5. The van der Waals surface area contributed by atoms with Gasteiger partial charge in [0.25, 0.3) is 0 Å². The summed E-state index contributed by atoms with van der Waals surface area (Å²) in [5, 5.41) is 2.85. The molecule has 20 heavy (non-hydrogen) atoms. The second-order valence-corrected chi connectivity index (χ2v) is 5.10. The fourth-order valence-corrected chi connectivity index (χ4v) is 2.39. The number of hydrogen-bond donors (Lipinski definition) is 1. The predicted molar refractivity (Wildman–Crippen MR) is 76.6 cm³/mol. The number of nitrogens with zero attached hydrogens (tertiary/aromatic N) is 1. The van der Waals surface area contributed by atoms with Gasteiger partial charge in [0, 0.05) is 5.92 Å². The topological polar surface area (TPSA) is 58.6 Å². The van der Waals surface area contributed by atoms with E-state index < -0.39 is 5.97 Å². The molecule has 1 aliphatic heterocycles. The average Bonchev–Trinajstić information content (AvgIpc) is 2.47. The Balaban J connectivity index is 2.06. The average molecular weight is 276 g/mol. The minimum atomic E-state index is -0.440. The second kappa shape index (κ2) is 6.52. The van der Waals surface area contributed by atoms with Crippen LogP contribution in [0.5, 0.6) is 0 Å². The predicted octanol–water partition coefficient (Wildman–Crippen LogP) is 1.75. The summed E-state index contributed by atoms with van der Waals surface area (Å²) >= 11 is 0. The molecule has 5 nitrogen and oxygen atoms in total. The van der Waals surface area contributed by atoms with Crippen molar-refractivity contribution in [1.29, 1.82) is 0 Å². The number of piperidine rings is 1. The Bertz CT molecular complexity index is 494. The number of benzene rings is 1. The summed E-state index contributed by atoms with van der Waals surface area (Å²) < 4.78 is 4.72. The van der Waals surface area contributed by atoms with E-state index in [0.29, 0.717) is 11.3 Å². The van der Waals surface area contributed by atoms with Gasteiger partial charge >= 0.3 is 5.97 Å². The highest BCUT2D eigenvalue weighted by atomic mass is 16.5. The van der Waals surface area contributed by atoms with Crippen LogP contribution >= 0.6 is 0 Å². The van der Waals surface area contributed by atoms with Crippen molar-refractivity contribution < 1.29 is 14.3 Å². The van der Waals surface area contributed by atoms with Gasteiger partial charge in [0.05, 0.1) is 18.4 Å². The molecular weight excluding hydrogens is 256 g/mol. The molecule has 1 heterocycles. The molecule has 0 radical (unpaired) electrons. The number of para-hydroxylation sites is 1. The van der Waals surface area contributed by atoms with Crippen molar-refractivity contribution in [2.24, 2.45) is 5.92 Å². The molecule has 1 saturated heterocycles. The van der Waals surface area contributed by atoms with Gasteiger partial charge < -0.3 is 15.0 Å². The Kier molecular flexibility index (Phi) is 4.74. The van der Waals surface area contributed by atoms with Gasteiger partial charge in [-0.2, -0.15) is 0 Å². The normalized spacial score (nSPS) is 16.7. The van der Waals surface area contributed by atoms with Crippen LogP contribution in [0.2, 0.25) is 0 Å². The van der Waals surface area contributed by atoms with Gasteiger partial charge in [0.1, 0.15) is 0 Å². The number of esters is 1. The van der Waals surface area contributed by atoms with E-state index in [2.05, 4.69) is 17.3 Å². The Labute approximate surface area is 118 Å². The van der Waals surface area contributed by atoms with E-state index >= 15 is 0 Å². The first kappa shape index (κ1) is 14.5. The summed E-state index contributed by atoms with van der Waals surface area (Å²) in [6, 6.07) is 6.91. The monoisotopic (exact) mass is 276 g/mol. The van der Waals surface area contributed by atoms with Crippen molar-refractivity contribution in [3.05, 3.63) is 29.8 Å². The highest BCUT2D eigenvalue weighted by Crippen LogP contribution is 2.21. The van der Waals surface area contributed by atoms with Crippen molar-refractivity contribution in [3.8, 4) is 0 Å². The molecular formula is C15H20N2O3. The third-order valence-corrected chi connectivity index (χ3v) is 3.68. The lowest BCUT2D eigenvalue weighted by molar-refractivity contribution is -0.121. The largest absolute Gasteiger partial charge is 0.465 e. The third kappa shape index (κ3) is 3.36. The highest BCUT2D eigenvalue weighted by Gasteiger charge is 2.24. The van der Waals surface area contributed by atoms with Crippen molar-refractivity contribution in [1.82, 2.24) is 4.90 Å². The molecule has 0 aromatic heterocycles. The van der Waals surface area contributed by atoms with Crippen LogP contribution < -0.4 is 5.32 Å².